The smallest absolute Gasteiger partial charge is 0.268 e. The van der Waals surface area contributed by atoms with Gasteiger partial charge in [0.25, 0.3) is 5.91 Å². The lowest BCUT2D eigenvalue weighted by Crippen LogP contribution is -2.26. The Morgan fingerprint density at radius 1 is 1.23 bits per heavy atom. The molecule has 0 saturated heterocycles. The molecular formula is C7H6FNO3S. The van der Waals surface area contributed by atoms with Crippen LogP contribution in [0.3, 0.4) is 0 Å². The molecule has 0 fully saturated rings. The van der Waals surface area contributed by atoms with E-state index in [4.69, 9.17) is 0 Å². The SMILES string of the molecule is O=C(NS(=O)(=O)F)c1ccccc1. The normalized spacial score (nSPS) is 10.8. The van der Waals surface area contributed by atoms with Crippen LogP contribution >= 0.6 is 0 Å². The van der Waals surface area contributed by atoms with E-state index in [9.17, 15) is 17.1 Å². The number of amides is 1. The van der Waals surface area contributed by atoms with Crippen LogP contribution < -0.4 is 4.72 Å². The molecule has 0 aromatic heterocycles. The topological polar surface area (TPSA) is 63.2 Å². The van der Waals surface area contributed by atoms with Crippen LogP contribution in [0.4, 0.5) is 3.89 Å². The van der Waals surface area contributed by atoms with Gasteiger partial charge in [-0.1, -0.05) is 22.1 Å². The minimum Gasteiger partial charge on any atom is -0.268 e. The van der Waals surface area contributed by atoms with Crippen LogP contribution in [0.15, 0.2) is 30.3 Å². The number of rotatable bonds is 2. The Labute approximate surface area is 74.7 Å². The summed E-state index contributed by atoms with van der Waals surface area (Å²) in [7, 11) is -4.97. The summed E-state index contributed by atoms with van der Waals surface area (Å²) >= 11 is 0. The molecule has 0 saturated carbocycles. The summed E-state index contributed by atoms with van der Waals surface area (Å²) < 4.78 is 33.2. The highest BCUT2D eigenvalue weighted by Crippen LogP contribution is 1.99. The maximum absolute atomic E-state index is 12.0. The monoisotopic (exact) mass is 203 g/mol. The quantitative estimate of drug-likeness (QED) is 0.717. The minimum atomic E-state index is -4.97. The predicted molar refractivity (Wildman–Crippen MR) is 43.9 cm³/mol. The van der Waals surface area contributed by atoms with Crippen LogP contribution in [0.2, 0.25) is 0 Å². The molecule has 1 aromatic rings. The highest BCUT2D eigenvalue weighted by Gasteiger charge is 2.12. The molecule has 0 aliphatic carbocycles. The van der Waals surface area contributed by atoms with Gasteiger partial charge in [-0.15, -0.1) is 0 Å². The van der Waals surface area contributed by atoms with E-state index in [0.29, 0.717) is 0 Å². The van der Waals surface area contributed by atoms with E-state index in [1.165, 1.54) is 16.9 Å². The van der Waals surface area contributed by atoms with Gasteiger partial charge in [0.2, 0.25) is 0 Å². The highest BCUT2D eigenvalue weighted by atomic mass is 32.3. The standard InChI is InChI=1S/C7H6FNO3S/c8-13(11,12)9-7(10)6-4-2-1-3-5-6/h1-5H,(H,9,10). The minimum absolute atomic E-state index is 0.0868. The largest absolute Gasteiger partial charge is 0.399 e. The van der Waals surface area contributed by atoms with Crippen LogP contribution in [0.1, 0.15) is 10.4 Å². The van der Waals surface area contributed by atoms with E-state index in [2.05, 4.69) is 0 Å². The molecule has 0 aliphatic heterocycles. The third-order valence-corrected chi connectivity index (χ3v) is 1.68. The molecule has 1 rings (SSSR count). The summed E-state index contributed by atoms with van der Waals surface area (Å²) in [6, 6.07) is 7.49. The molecule has 1 aromatic carbocycles. The third kappa shape index (κ3) is 3.20. The molecular weight excluding hydrogens is 197 g/mol. The Morgan fingerprint density at radius 2 is 1.77 bits per heavy atom. The first-order valence-electron chi connectivity index (χ1n) is 3.31. The van der Waals surface area contributed by atoms with Gasteiger partial charge in [0.15, 0.2) is 0 Å². The Kier molecular flexibility index (Phi) is 2.62. The molecule has 1 N–H and O–H groups in total. The number of benzene rings is 1. The summed E-state index contributed by atoms with van der Waals surface area (Å²) in [5.41, 5.74) is 0.0868. The second-order valence-corrected chi connectivity index (χ2v) is 3.31. The molecule has 1 amide bonds. The van der Waals surface area contributed by atoms with Crippen molar-refractivity contribution < 1.29 is 17.1 Å². The van der Waals surface area contributed by atoms with E-state index < -0.39 is 16.3 Å². The second kappa shape index (κ2) is 3.53. The van der Waals surface area contributed by atoms with Gasteiger partial charge < -0.3 is 0 Å². The zero-order valence-corrected chi connectivity index (χ0v) is 7.21. The van der Waals surface area contributed by atoms with Crippen LogP contribution in [0.25, 0.3) is 0 Å². The summed E-state index contributed by atoms with van der Waals surface area (Å²) in [4.78, 5) is 10.9. The van der Waals surface area contributed by atoms with Crippen molar-refractivity contribution in [2.24, 2.45) is 0 Å². The van der Waals surface area contributed by atoms with Gasteiger partial charge in [-0.05, 0) is 12.1 Å². The van der Waals surface area contributed by atoms with Crippen molar-refractivity contribution in [2.45, 2.75) is 0 Å². The van der Waals surface area contributed by atoms with Gasteiger partial charge in [0.05, 0.1) is 0 Å². The number of hydrogen-bond acceptors (Lipinski definition) is 3. The number of nitrogens with one attached hydrogen (secondary N) is 1. The van der Waals surface area contributed by atoms with Gasteiger partial charge in [0, 0.05) is 5.56 Å². The molecule has 70 valence electrons. The van der Waals surface area contributed by atoms with Gasteiger partial charge >= 0.3 is 10.4 Å². The Bertz CT molecular complexity index is 401. The fourth-order valence-electron chi connectivity index (χ4n) is 0.759. The van der Waals surface area contributed by atoms with Crippen LogP contribution in [-0.2, 0) is 10.4 Å². The number of halogens is 1. The number of carbonyl (C=O) groups is 1. The van der Waals surface area contributed by atoms with Crippen molar-refractivity contribution in [3.8, 4) is 0 Å². The Hall–Kier alpha value is -1.43. The van der Waals surface area contributed by atoms with Crippen molar-refractivity contribution in [1.82, 2.24) is 4.72 Å². The zero-order valence-electron chi connectivity index (χ0n) is 6.40. The van der Waals surface area contributed by atoms with Crippen LogP contribution in [0.5, 0.6) is 0 Å². The van der Waals surface area contributed by atoms with Crippen LogP contribution in [-0.4, -0.2) is 14.3 Å². The van der Waals surface area contributed by atoms with E-state index in [1.54, 1.807) is 18.2 Å². The summed E-state index contributed by atoms with van der Waals surface area (Å²) in [5.74, 6) is -0.983. The van der Waals surface area contributed by atoms with Gasteiger partial charge in [-0.2, -0.15) is 8.42 Å². The van der Waals surface area contributed by atoms with Crippen molar-refractivity contribution >= 4 is 16.3 Å². The molecule has 0 radical (unpaired) electrons. The Morgan fingerprint density at radius 3 is 2.23 bits per heavy atom. The van der Waals surface area contributed by atoms with E-state index in [-0.39, 0.29) is 5.56 Å². The molecule has 0 unspecified atom stereocenters. The van der Waals surface area contributed by atoms with Gasteiger partial charge in [0.1, 0.15) is 0 Å². The first-order valence-corrected chi connectivity index (χ1v) is 4.69. The molecule has 0 spiro atoms. The van der Waals surface area contributed by atoms with E-state index in [0.717, 1.165) is 0 Å². The van der Waals surface area contributed by atoms with E-state index in [1.807, 2.05) is 0 Å². The van der Waals surface area contributed by atoms with Crippen molar-refractivity contribution in [1.29, 1.82) is 0 Å². The lowest BCUT2D eigenvalue weighted by atomic mass is 10.2. The predicted octanol–water partition coefficient (Wildman–Crippen LogP) is 0.631. The Balaban J connectivity index is 2.82. The molecule has 0 atom stereocenters. The fraction of sp³-hybridized carbons (Fsp3) is 0. The maximum Gasteiger partial charge on any atom is 0.399 e. The first kappa shape index (κ1) is 9.66. The molecule has 0 aliphatic rings. The summed E-state index contributed by atoms with van der Waals surface area (Å²) in [6.45, 7) is 0. The third-order valence-electron chi connectivity index (χ3n) is 1.25. The maximum atomic E-state index is 12.0. The first-order chi connectivity index (χ1) is 5.99. The highest BCUT2D eigenvalue weighted by molar-refractivity contribution is 7.84. The van der Waals surface area contributed by atoms with Gasteiger partial charge in [-0.3, -0.25) is 4.79 Å². The van der Waals surface area contributed by atoms with E-state index >= 15 is 0 Å². The zero-order chi connectivity index (χ0) is 9.90. The summed E-state index contributed by atoms with van der Waals surface area (Å²) in [5, 5.41) is 0. The number of carbonyl (C=O) groups excluding carboxylic acids is 1. The summed E-state index contributed by atoms with van der Waals surface area (Å²) in [6.07, 6.45) is 0. The number of hydrogen-bond donors (Lipinski definition) is 1. The van der Waals surface area contributed by atoms with Crippen molar-refractivity contribution in [2.75, 3.05) is 0 Å². The van der Waals surface area contributed by atoms with Gasteiger partial charge in [-0.25, -0.2) is 4.72 Å². The fourth-order valence-corrected chi connectivity index (χ4v) is 1.10. The molecule has 6 heteroatoms. The lowest BCUT2D eigenvalue weighted by Gasteiger charge is -1.98. The molecule has 4 nitrogen and oxygen atoms in total. The average Bonchev–Trinajstić information content (AvgIpc) is 2.03. The molecule has 0 bridgehead atoms. The van der Waals surface area contributed by atoms with Crippen LogP contribution in [0, 0.1) is 0 Å². The molecule has 0 heterocycles. The van der Waals surface area contributed by atoms with Crippen molar-refractivity contribution in [3.63, 3.8) is 0 Å². The second-order valence-electron chi connectivity index (χ2n) is 2.24. The lowest BCUT2D eigenvalue weighted by molar-refractivity contribution is 0.0980. The average molecular weight is 203 g/mol. The van der Waals surface area contributed by atoms with Crippen molar-refractivity contribution in [3.05, 3.63) is 35.9 Å². The molecule has 13 heavy (non-hydrogen) atoms.